The molecule has 0 aliphatic heterocycles. The quantitative estimate of drug-likeness (QED) is 0.437. The molecule has 1 amide bonds. The molecule has 1 N–H and O–H groups in total. The maximum absolute atomic E-state index is 12.5. The molecule has 142 valence electrons. The van der Waals surface area contributed by atoms with Gasteiger partial charge < -0.3 is 5.32 Å². The summed E-state index contributed by atoms with van der Waals surface area (Å²) < 4.78 is 25.9. The second-order valence-corrected chi connectivity index (χ2v) is 7.74. The Morgan fingerprint density at radius 2 is 1.78 bits per heavy atom. The van der Waals surface area contributed by atoms with E-state index in [0.29, 0.717) is 5.56 Å². The van der Waals surface area contributed by atoms with Crippen LogP contribution in [0.3, 0.4) is 0 Å². The van der Waals surface area contributed by atoms with Gasteiger partial charge in [-0.25, -0.2) is 8.42 Å². The van der Waals surface area contributed by atoms with Crippen molar-refractivity contribution in [2.24, 2.45) is 0 Å². The van der Waals surface area contributed by atoms with Gasteiger partial charge in [-0.2, -0.15) is 4.31 Å². The summed E-state index contributed by atoms with van der Waals surface area (Å²) in [6, 6.07) is 10.7. The summed E-state index contributed by atoms with van der Waals surface area (Å²) in [6.07, 6.45) is 0. The minimum Gasteiger partial charge on any atom is -0.325 e. The summed E-state index contributed by atoms with van der Waals surface area (Å²) in [7, 11) is -2.70. The second-order valence-electron chi connectivity index (χ2n) is 5.70. The smallest absolute Gasteiger partial charge is 0.271 e. The largest absolute Gasteiger partial charge is 0.325 e. The van der Waals surface area contributed by atoms with Gasteiger partial charge in [0.2, 0.25) is 15.9 Å². The van der Waals surface area contributed by atoms with Crippen LogP contribution in [-0.4, -0.2) is 42.9 Å². The van der Waals surface area contributed by atoms with Gasteiger partial charge >= 0.3 is 0 Å². The number of non-ortho nitro benzene ring substituents is 1. The molecule has 0 aliphatic rings. The Balaban J connectivity index is 2.09. The van der Waals surface area contributed by atoms with Crippen molar-refractivity contribution >= 4 is 33.1 Å². The lowest BCUT2D eigenvalue weighted by Gasteiger charge is -2.17. The lowest BCUT2D eigenvalue weighted by atomic mass is 10.2. The van der Waals surface area contributed by atoms with E-state index in [0.717, 1.165) is 4.31 Å². The molecule has 0 heterocycles. The summed E-state index contributed by atoms with van der Waals surface area (Å²) in [5, 5.41) is 13.2. The summed E-state index contributed by atoms with van der Waals surface area (Å²) in [5.74, 6) is -0.842. The zero-order chi connectivity index (χ0) is 20.2. The zero-order valence-electron chi connectivity index (χ0n) is 14.6. The lowest BCUT2D eigenvalue weighted by Crippen LogP contribution is -2.35. The third kappa shape index (κ3) is 4.96. The molecule has 0 bridgehead atoms. The zero-order valence-corrected chi connectivity index (χ0v) is 15.4. The van der Waals surface area contributed by atoms with Crippen molar-refractivity contribution in [2.45, 2.75) is 11.8 Å². The molecule has 0 radical (unpaired) electrons. The monoisotopic (exact) mass is 391 g/mol. The van der Waals surface area contributed by atoms with Gasteiger partial charge in [-0.3, -0.25) is 19.7 Å². The van der Waals surface area contributed by atoms with Crippen LogP contribution in [0.5, 0.6) is 0 Å². The van der Waals surface area contributed by atoms with Crippen LogP contribution in [0.15, 0.2) is 53.4 Å². The van der Waals surface area contributed by atoms with Gasteiger partial charge in [0.1, 0.15) is 0 Å². The number of hydrogen-bond acceptors (Lipinski definition) is 6. The lowest BCUT2D eigenvalue weighted by molar-refractivity contribution is -0.384. The number of benzene rings is 2. The van der Waals surface area contributed by atoms with E-state index in [1.807, 2.05) is 0 Å². The molecule has 0 aliphatic carbocycles. The summed E-state index contributed by atoms with van der Waals surface area (Å²) in [4.78, 5) is 33.5. The number of nitrogens with zero attached hydrogens (tertiary/aromatic N) is 2. The van der Waals surface area contributed by atoms with Gasteiger partial charge in [0, 0.05) is 30.4 Å². The van der Waals surface area contributed by atoms with Gasteiger partial charge in [-0.05, 0) is 25.1 Å². The number of ketones is 1. The molecule has 0 saturated carbocycles. The number of hydrogen-bond donors (Lipinski definition) is 1. The predicted molar refractivity (Wildman–Crippen MR) is 98.0 cm³/mol. The number of nitro groups is 1. The number of anilines is 1. The van der Waals surface area contributed by atoms with Crippen molar-refractivity contribution in [3.8, 4) is 0 Å². The standard InChI is InChI=1S/C17H17N3O6S/c1-12(21)13-6-8-16(9-7-13)27(25,26)19(2)11-17(22)18-14-4-3-5-15(10-14)20(23)24/h3-10H,11H2,1-2H3,(H,18,22). The SMILES string of the molecule is CC(=O)c1ccc(S(=O)(=O)N(C)CC(=O)Nc2cccc([N+](=O)[O-])c2)cc1. The van der Waals surface area contributed by atoms with E-state index in [4.69, 9.17) is 0 Å². The Morgan fingerprint density at radius 1 is 1.15 bits per heavy atom. The van der Waals surface area contributed by atoms with E-state index >= 15 is 0 Å². The fraction of sp³-hybridized carbons (Fsp3) is 0.176. The highest BCUT2D eigenvalue weighted by molar-refractivity contribution is 7.89. The van der Waals surface area contributed by atoms with E-state index in [-0.39, 0.29) is 22.1 Å². The van der Waals surface area contributed by atoms with Gasteiger partial charge in [-0.1, -0.05) is 18.2 Å². The molecule has 0 atom stereocenters. The van der Waals surface area contributed by atoms with Crippen LogP contribution in [-0.2, 0) is 14.8 Å². The highest BCUT2D eigenvalue weighted by atomic mass is 32.2. The Bertz CT molecular complexity index is 986. The van der Waals surface area contributed by atoms with E-state index in [2.05, 4.69) is 5.32 Å². The Morgan fingerprint density at radius 3 is 2.33 bits per heavy atom. The van der Waals surface area contributed by atoms with Crippen LogP contribution >= 0.6 is 0 Å². The van der Waals surface area contributed by atoms with Crippen LogP contribution in [0.25, 0.3) is 0 Å². The van der Waals surface area contributed by atoms with Gasteiger partial charge in [-0.15, -0.1) is 0 Å². The number of sulfonamides is 1. The third-order valence-corrected chi connectivity index (χ3v) is 5.49. The molecule has 0 spiro atoms. The van der Waals surface area contributed by atoms with E-state index in [1.54, 1.807) is 0 Å². The first-order valence-corrected chi connectivity index (χ1v) is 9.17. The topological polar surface area (TPSA) is 127 Å². The highest BCUT2D eigenvalue weighted by Gasteiger charge is 2.23. The first kappa shape index (κ1) is 20.2. The van der Waals surface area contributed by atoms with Crippen LogP contribution in [0.2, 0.25) is 0 Å². The molecule has 27 heavy (non-hydrogen) atoms. The number of amides is 1. The molecular formula is C17H17N3O6S. The molecule has 0 saturated heterocycles. The first-order valence-electron chi connectivity index (χ1n) is 7.73. The molecule has 9 nitrogen and oxygen atoms in total. The normalized spacial score (nSPS) is 11.2. The minimum absolute atomic E-state index is 0.0573. The summed E-state index contributed by atoms with van der Waals surface area (Å²) in [5.41, 5.74) is 0.366. The molecule has 0 fully saturated rings. The number of likely N-dealkylation sites (N-methyl/N-ethyl adjacent to an activating group) is 1. The van der Waals surface area contributed by atoms with Gasteiger partial charge in [0.25, 0.3) is 5.69 Å². The van der Waals surface area contributed by atoms with E-state index in [1.165, 1.54) is 62.5 Å². The third-order valence-electron chi connectivity index (χ3n) is 3.68. The number of carbonyl (C=O) groups excluding carboxylic acids is 2. The fourth-order valence-corrected chi connectivity index (χ4v) is 3.35. The van der Waals surface area contributed by atoms with Crippen molar-refractivity contribution in [3.05, 3.63) is 64.2 Å². The molecular weight excluding hydrogens is 374 g/mol. The van der Waals surface area contributed by atoms with Crippen LogP contribution < -0.4 is 5.32 Å². The number of Topliss-reactive ketones (excluding diaryl/α,β-unsaturated/α-hetero) is 1. The van der Waals surface area contributed by atoms with Crippen molar-refractivity contribution in [1.82, 2.24) is 4.31 Å². The van der Waals surface area contributed by atoms with Crippen LogP contribution in [0.4, 0.5) is 11.4 Å². The Kier molecular flexibility index (Phi) is 6.03. The maximum Gasteiger partial charge on any atom is 0.271 e. The minimum atomic E-state index is -3.94. The fourth-order valence-electron chi connectivity index (χ4n) is 2.23. The van der Waals surface area contributed by atoms with Crippen LogP contribution in [0, 0.1) is 10.1 Å². The average molecular weight is 391 g/mol. The van der Waals surface area contributed by atoms with Crippen molar-refractivity contribution in [2.75, 3.05) is 18.9 Å². The number of nitro benzene ring substituents is 1. The predicted octanol–water partition coefficient (Wildman–Crippen LogP) is 2.06. The average Bonchev–Trinajstić information content (AvgIpc) is 2.61. The number of carbonyl (C=O) groups is 2. The van der Waals surface area contributed by atoms with Crippen LogP contribution in [0.1, 0.15) is 17.3 Å². The number of nitrogens with one attached hydrogen (secondary N) is 1. The highest BCUT2D eigenvalue weighted by Crippen LogP contribution is 2.18. The Hall–Kier alpha value is -3.11. The van der Waals surface area contributed by atoms with Gasteiger partial charge in [0.15, 0.2) is 5.78 Å². The molecule has 0 aromatic heterocycles. The molecule has 10 heteroatoms. The number of rotatable bonds is 7. The van der Waals surface area contributed by atoms with Crippen molar-refractivity contribution < 1.29 is 22.9 Å². The Labute approximate surface area is 155 Å². The molecule has 2 rings (SSSR count). The maximum atomic E-state index is 12.5. The van der Waals surface area contributed by atoms with Crippen molar-refractivity contribution in [3.63, 3.8) is 0 Å². The molecule has 0 unspecified atom stereocenters. The van der Waals surface area contributed by atoms with Crippen molar-refractivity contribution in [1.29, 1.82) is 0 Å². The second kappa shape index (κ2) is 8.06. The van der Waals surface area contributed by atoms with Gasteiger partial charge in [0.05, 0.1) is 16.4 Å². The summed E-state index contributed by atoms with van der Waals surface area (Å²) in [6.45, 7) is 0.882. The molecule has 2 aromatic rings. The summed E-state index contributed by atoms with van der Waals surface area (Å²) >= 11 is 0. The molecule has 2 aromatic carbocycles. The first-order chi connectivity index (χ1) is 12.6. The van der Waals surface area contributed by atoms with E-state index < -0.39 is 27.4 Å². The van der Waals surface area contributed by atoms with E-state index in [9.17, 15) is 28.1 Å².